The van der Waals surface area contributed by atoms with Crippen LogP contribution in [0, 0.1) is 0 Å². The van der Waals surface area contributed by atoms with E-state index in [1.54, 1.807) is 13.4 Å². The number of aromatic amines is 1. The van der Waals surface area contributed by atoms with E-state index in [2.05, 4.69) is 37.6 Å². The number of H-pyrrole nitrogens is 1. The summed E-state index contributed by atoms with van der Waals surface area (Å²) in [6.07, 6.45) is 4.45. The van der Waals surface area contributed by atoms with Gasteiger partial charge in [-0.25, -0.2) is 4.98 Å². The standard InChI is InChI=1S/C20H29N7O/c1-3-22-20(27-11-8-16(9-12-27)18-24-14-25-26-18)23-10-7-15-5-4-6-17(13-15)19(28)21-2/h4-6,13-14,16H,3,7-12H2,1-2H3,(H,21,28)(H,22,23)(H,24,25,26). The highest BCUT2D eigenvalue weighted by Gasteiger charge is 2.24. The summed E-state index contributed by atoms with van der Waals surface area (Å²) in [4.78, 5) is 23.2. The molecule has 0 unspecified atom stereocenters. The van der Waals surface area contributed by atoms with Gasteiger partial charge in [-0.15, -0.1) is 0 Å². The quantitative estimate of drug-likeness (QED) is 0.519. The highest BCUT2D eigenvalue weighted by Crippen LogP contribution is 2.24. The Labute approximate surface area is 165 Å². The van der Waals surface area contributed by atoms with Gasteiger partial charge in [0.25, 0.3) is 5.91 Å². The summed E-state index contributed by atoms with van der Waals surface area (Å²) >= 11 is 0. The van der Waals surface area contributed by atoms with Crippen LogP contribution >= 0.6 is 0 Å². The fourth-order valence-electron chi connectivity index (χ4n) is 3.51. The number of hydrogen-bond donors (Lipinski definition) is 3. The number of carbonyl (C=O) groups excluding carboxylic acids is 1. The van der Waals surface area contributed by atoms with Crippen molar-refractivity contribution in [3.05, 3.63) is 47.5 Å². The van der Waals surface area contributed by atoms with E-state index < -0.39 is 0 Å². The lowest BCUT2D eigenvalue weighted by Crippen LogP contribution is -2.45. The minimum atomic E-state index is -0.0617. The molecule has 1 aromatic carbocycles. The van der Waals surface area contributed by atoms with E-state index in [0.29, 0.717) is 18.0 Å². The molecule has 0 atom stereocenters. The second-order valence-corrected chi connectivity index (χ2v) is 6.90. The van der Waals surface area contributed by atoms with Gasteiger partial charge in [-0.05, 0) is 43.9 Å². The number of guanidine groups is 1. The lowest BCUT2D eigenvalue weighted by atomic mass is 9.96. The number of hydrogen-bond acceptors (Lipinski definition) is 4. The topological polar surface area (TPSA) is 98.3 Å². The number of benzene rings is 1. The molecule has 0 spiro atoms. The molecule has 2 heterocycles. The van der Waals surface area contributed by atoms with Crippen LogP contribution in [0.15, 0.2) is 35.6 Å². The van der Waals surface area contributed by atoms with Gasteiger partial charge in [-0.3, -0.25) is 14.9 Å². The summed E-state index contributed by atoms with van der Waals surface area (Å²) in [5.74, 6) is 2.32. The van der Waals surface area contributed by atoms with Crippen LogP contribution in [0.1, 0.15) is 47.4 Å². The van der Waals surface area contributed by atoms with Crippen LogP contribution in [-0.2, 0) is 6.42 Å². The van der Waals surface area contributed by atoms with E-state index in [1.165, 1.54) is 0 Å². The van der Waals surface area contributed by atoms with Crippen molar-refractivity contribution in [1.29, 1.82) is 0 Å². The molecule has 150 valence electrons. The summed E-state index contributed by atoms with van der Waals surface area (Å²) < 4.78 is 0. The number of nitrogens with one attached hydrogen (secondary N) is 3. The van der Waals surface area contributed by atoms with E-state index in [0.717, 1.165) is 56.2 Å². The fourth-order valence-corrected chi connectivity index (χ4v) is 3.51. The third kappa shape index (κ3) is 5.09. The summed E-state index contributed by atoms with van der Waals surface area (Å²) in [5, 5.41) is 13.0. The van der Waals surface area contributed by atoms with E-state index in [-0.39, 0.29) is 5.91 Å². The maximum Gasteiger partial charge on any atom is 0.251 e. The lowest BCUT2D eigenvalue weighted by molar-refractivity contribution is 0.0963. The Morgan fingerprint density at radius 2 is 2.18 bits per heavy atom. The van der Waals surface area contributed by atoms with Crippen LogP contribution in [0.2, 0.25) is 0 Å². The third-order valence-electron chi connectivity index (χ3n) is 5.03. The predicted octanol–water partition coefficient (Wildman–Crippen LogP) is 1.55. The Kier molecular flexibility index (Phi) is 7.00. The minimum Gasteiger partial charge on any atom is -0.357 e. The van der Waals surface area contributed by atoms with Gasteiger partial charge in [0.2, 0.25) is 0 Å². The van der Waals surface area contributed by atoms with Gasteiger partial charge in [0.05, 0.1) is 0 Å². The first kappa shape index (κ1) is 19.9. The molecule has 0 aliphatic carbocycles. The zero-order valence-electron chi connectivity index (χ0n) is 16.6. The molecule has 0 saturated carbocycles. The van der Waals surface area contributed by atoms with Crippen LogP contribution in [0.25, 0.3) is 0 Å². The second-order valence-electron chi connectivity index (χ2n) is 6.90. The molecule has 3 rings (SSSR count). The number of aliphatic imine (C=N–C) groups is 1. The Bertz CT molecular complexity index is 780. The molecular weight excluding hydrogens is 354 g/mol. The third-order valence-corrected chi connectivity index (χ3v) is 5.03. The summed E-state index contributed by atoms with van der Waals surface area (Å²) in [6.45, 7) is 5.50. The Morgan fingerprint density at radius 3 is 2.86 bits per heavy atom. The largest absolute Gasteiger partial charge is 0.357 e. The number of likely N-dealkylation sites (tertiary alicyclic amines) is 1. The van der Waals surface area contributed by atoms with Gasteiger partial charge in [-0.2, -0.15) is 5.10 Å². The van der Waals surface area contributed by atoms with Crippen molar-refractivity contribution in [3.63, 3.8) is 0 Å². The van der Waals surface area contributed by atoms with Gasteiger partial charge in [0.1, 0.15) is 12.2 Å². The first-order valence-corrected chi connectivity index (χ1v) is 9.90. The van der Waals surface area contributed by atoms with Crippen LogP contribution in [0.3, 0.4) is 0 Å². The summed E-state index contributed by atoms with van der Waals surface area (Å²) in [5.41, 5.74) is 1.80. The average molecular weight is 384 g/mol. The summed E-state index contributed by atoms with van der Waals surface area (Å²) in [7, 11) is 1.65. The van der Waals surface area contributed by atoms with E-state index in [4.69, 9.17) is 4.99 Å². The number of aromatic nitrogens is 3. The van der Waals surface area contributed by atoms with Gasteiger partial charge >= 0.3 is 0 Å². The zero-order valence-corrected chi connectivity index (χ0v) is 16.6. The van der Waals surface area contributed by atoms with Crippen molar-refractivity contribution in [1.82, 2.24) is 30.7 Å². The van der Waals surface area contributed by atoms with Crippen LogP contribution < -0.4 is 10.6 Å². The van der Waals surface area contributed by atoms with Gasteiger partial charge in [0.15, 0.2) is 5.96 Å². The van der Waals surface area contributed by atoms with E-state index in [9.17, 15) is 4.79 Å². The molecule has 1 aliphatic heterocycles. The van der Waals surface area contributed by atoms with Crippen molar-refractivity contribution in [2.45, 2.75) is 32.1 Å². The molecule has 1 saturated heterocycles. The summed E-state index contributed by atoms with van der Waals surface area (Å²) in [6, 6.07) is 7.72. The van der Waals surface area contributed by atoms with Crippen molar-refractivity contribution in [3.8, 4) is 0 Å². The van der Waals surface area contributed by atoms with Crippen LogP contribution in [-0.4, -0.2) is 65.2 Å². The van der Waals surface area contributed by atoms with E-state index >= 15 is 0 Å². The maximum absolute atomic E-state index is 11.8. The first-order chi connectivity index (χ1) is 13.7. The Morgan fingerprint density at radius 1 is 1.36 bits per heavy atom. The highest BCUT2D eigenvalue weighted by molar-refractivity contribution is 5.94. The second kappa shape index (κ2) is 9.87. The number of rotatable bonds is 6. The number of amides is 1. The van der Waals surface area contributed by atoms with Crippen molar-refractivity contribution >= 4 is 11.9 Å². The van der Waals surface area contributed by atoms with Gasteiger partial charge in [0, 0.05) is 44.7 Å². The lowest BCUT2D eigenvalue weighted by Gasteiger charge is -2.33. The SMILES string of the molecule is CCNC(=NCCc1cccc(C(=O)NC)c1)N1CCC(c2ncn[nH]2)CC1. The molecule has 0 bridgehead atoms. The van der Waals surface area contributed by atoms with E-state index in [1.807, 2.05) is 24.3 Å². The molecule has 8 nitrogen and oxygen atoms in total. The molecule has 0 radical (unpaired) electrons. The molecule has 28 heavy (non-hydrogen) atoms. The van der Waals surface area contributed by atoms with Gasteiger partial charge in [-0.1, -0.05) is 12.1 Å². The fraction of sp³-hybridized carbons (Fsp3) is 0.500. The number of nitrogens with zero attached hydrogens (tertiary/aromatic N) is 4. The zero-order chi connectivity index (χ0) is 19.8. The number of piperidine rings is 1. The molecule has 1 aliphatic rings. The van der Waals surface area contributed by atoms with Crippen LogP contribution in [0.4, 0.5) is 0 Å². The minimum absolute atomic E-state index is 0.0617. The normalized spacial score (nSPS) is 15.5. The highest BCUT2D eigenvalue weighted by atomic mass is 16.1. The van der Waals surface area contributed by atoms with Crippen molar-refractivity contribution in [2.75, 3.05) is 33.2 Å². The van der Waals surface area contributed by atoms with Crippen molar-refractivity contribution < 1.29 is 4.79 Å². The average Bonchev–Trinajstić information content (AvgIpc) is 3.28. The van der Waals surface area contributed by atoms with Crippen LogP contribution in [0.5, 0.6) is 0 Å². The molecule has 2 aromatic rings. The first-order valence-electron chi connectivity index (χ1n) is 9.90. The Hall–Kier alpha value is -2.90. The number of carbonyl (C=O) groups is 1. The molecule has 3 N–H and O–H groups in total. The molecule has 1 amide bonds. The van der Waals surface area contributed by atoms with Gasteiger partial charge < -0.3 is 15.5 Å². The molecule has 1 fully saturated rings. The Balaban J connectivity index is 1.57. The smallest absolute Gasteiger partial charge is 0.251 e. The monoisotopic (exact) mass is 383 g/mol. The van der Waals surface area contributed by atoms with Crippen molar-refractivity contribution in [2.24, 2.45) is 4.99 Å². The molecular formula is C20H29N7O. The maximum atomic E-state index is 11.8. The molecule has 1 aromatic heterocycles. The molecule has 8 heteroatoms. The predicted molar refractivity (Wildman–Crippen MR) is 109 cm³/mol.